The predicted molar refractivity (Wildman–Crippen MR) is 69.9 cm³/mol. The molecule has 0 aromatic heterocycles. The Kier molecular flexibility index (Phi) is 4.65. The maximum atomic E-state index is 5.95. The van der Waals surface area contributed by atoms with Gasteiger partial charge < -0.3 is 4.74 Å². The summed E-state index contributed by atoms with van der Waals surface area (Å²) in [6.07, 6.45) is 0. The van der Waals surface area contributed by atoms with Crippen molar-refractivity contribution in [1.29, 1.82) is 0 Å². The van der Waals surface area contributed by atoms with E-state index in [1.807, 2.05) is 6.07 Å². The molecule has 0 aliphatic carbocycles. The summed E-state index contributed by atoms with van der Waals surface area (Å²) in [5.74, 6) is 0.629. The van der Waals surface area contributed by atoms with Crippen LogP contribution in [0.4, 0.5) is 0 Å². The van der Waals surface area contributed by atoms with Crippen LogP contribution in [0.3, 0.4) is 0 Å². The molecule has 2 rings (SSSR count). The minimum atomic E-state index is 0.336. The quantitative estimate of drug-likeness (QED) is 0.796. The highest BCUT2D eigenvalue weighted by atomic mass is 79.9. The van der Waals surface area contributed by atoms with Crippen molar-refractivity contribution < 1.29 is 4.74 Å². The van der Waals surface area contributed by atoms with Gasteiger partial charge in [-0.3, -0.25) is 4.90 Å². The van der Waals surface area contributed by atoms with Gasteiger partial charge in [0.05, 0.1) is 13.2 Å². The van der Waals surface area contributed by atoms with Crippen molar-refractivity contribution in [2.75, 3.05) is 25.6 Å². The summed E-state index contributed by atoms with van der Waals surface area (Å²) in [6.45, 7) is 3.44. The summed E-state index contributed by atoms with van der Waals surface area (Å²) in [6, 6.07) is 8.65. The molecule has 0 amide bonds. The van der Waals surface area contributed by atoms with Crippen molar-refractivity contribution in [1.82, 2.24) is 4.90 Å². The summed E-state index contributed by atoms with van der Waals surface area (Å²) < 4.78 is 6.60. The fraction of sp³-hybridized carbons (Fsp3) is 0.500. The van der Waals surface area contributed by atoms with Gasteiger partial charge in [-0.25, -0.2) is 0 Å². The van der Waals surface area contributed by atoms with Crippen LogP contribution in [0.2, 0.25) is 0 Å². The Morgan fingerprint density at radius 3 is 3.00 bits per heavy atom. The van der Waals surface area contributed by atoms with E-state index in [1.54, 1.807) is 0 Å². The Hall–Kier alpha value is -0.0900. The average molecular weight is 305 g/mol. The SMILES string of the molecule is ClCC1COCCN1Cc1ccccc1Br. The number of alkyl halides is 1. The second kappa shape index (κ2) is 6.01. The van der Waals surface area contributed by atoms with Crippen molar-refractivity contribution in [3.8, 4) is 0 Å². The molecule has 1 atom stereocenters. The molecule has 1 aliphatic rings. The van der Waals surface area contributed by atoms with E-state index in [-0.39, 0.29) is 0 Å². The molecule has 0 saturated carbocycles. The van der Waals surface area contributed by atoms with Crippen LogP contribution in [0.15, 0.2) is 28.7 Å². The molecule has 1 saturated heterocycles. The molecule has 2 nitrogen and oxygen atoms in total. The number of halogens is 2. The number of morpholine rings is 1. The highest BCUT2D eigenvalue weighted by Crippen LogP contribution is 2.20. The van der Waals surface area contributed by atoms with Gasteiger partial charge in [0.2, 0.25) is 0 Å². The third-order valence-corrected chi connectivity index (χ3v) is 3.99. The Morgan fingerprint density at radius 1 is 1.44 bits per heavy atom. The zero-order chi connectivity index (χ0) is 11.4. The Bertz CT molecular complexity index is 348. The van der Waals surface area contributed by atoms with Crippen LogP contribution in [0.25, 0.3) is 0 Å². The molecule has 1 fully saturated rings. The first-order valence-corrected chi connectivity index (χ1v) is 6.75. The van der Waals surface area contributed by atoms with E-state index in [0.717, 1.165) is 30.8 Å². The first kappa shape index (κ1) is 12.4. The van der Waals surface area contributed by atoms with Crippen molar-refractivity contribution in [2.45, 2.75) is 12.6 Å². The topological polar surface area (TPSA) is 12.5 Å². The third-order valence-electron chi connectivity index (χ3n) is 2.86. The van der Waals surface area contributed by atoms with Crippen LogP contribution in [0.5, 0.6) is 0 Å². The zero-order valence-electron chi connectivity index (χ0n) is 9.03. The lowest BCUT2D eigenvalue weighted by Gasteiger charge is -2.34. The van der Waals surface area contributed by atoms with Crippen LogP contribution in [-0.4, -0.2) is 36.6 Å². The minimum Gasteiger partial charge on any atom is -0.378 e. The Balaban J connectivity index is 2.05. The van der Waals surface area contributed by atoms with E-state index in [2.05, 4.69) is 39.0 Å². The number of ether oxygens (including phenoxy) is 1. The predicted octanol–water partition coefficient (Wildman–Crippen LogP) is 2.89. The molecule has 0 bridgehead atoms. The van der Waals surface area contributed by atoms with Gasteiger partial charge >= 0.3 is 0 Å². The zero-order valence-corrected chi connectivity index (χ0v) is 11.4. The van der Waals surface area contributed by atoms with Gasteiger partial charge in [0.25, 0.3) is 0 Å². The molecule has 1 aromatic carbocycles. The van der Waals surface area contributed by atoms with Crippen LogP contribution in [-0.2, 0) is 11.3 Å². The molecule has 0 radical (unpaired) electrons. The number of hydrogen-bond acceptors (Lipinski definition) is 2. The molecule has 0 N–H and O–H groups in total. The fourth-order valence-corrected chi connectivity index (χ4v) is 2.58. The van der Waals surface area contributed by atoms with E-state index in [9.17, 15) is 0 Å². The van der Waals surface area contributed by atoms with Crippen molar-refractivity contribution in [3.05, 3.63) is 34.3 Å². The van der Waals surface area contributed by atoms with E-state index < -0.39 is 0 Å². The van der Waals surface area contributed by atoms with Gasteiger partial charge in [-0.1, -0.05) is 34.1 Å². The van der Waals surface area contributed by atoms with Gasteiger partial charge in [0, 0.05) is 29.5 Å². The maximum Gasteiger partial charge on any atom is 0.0634 e. The van der Waals surface area contributed by atoms with E-state index in [1.165, 1.54) is 5.56 Å². The number of nitrogens with zero attached hydrogens (tertiary/aromatic N) is 1. The number of benzene rings is 1. The Labute approximate surface area is 110 Å². The van der Waals surface area contributed by atoms with Crippen molar-refractivity contribution in [3.63, 3.8) is 0 Å². The molecule has 88 valence electrons. The molecule has 4 heteroatoms. The summed E-state index contributed by atoms with van der Waals surface area (Å²) in [5.41, 5.74) is 1.31. The lowest BCUT2D eigenvalue weighted by Crippen LogP contribution is -2.45. The van der Waals surface area contributed by atoms with Crippen LogP contribution < -0.4 is 0 Å². The van der Waals surface area contributed by atoms with Crippen LogP contribution in [0, 0.1) is 0 Å². The van der Waals surface area contributed by atoms with Gasteiger partial charge in [-0.05, 0) is 11.6 Å². The summed E-state index contributed by atoms with van der Waals surface area (Å²) in [5, 5.41) is 0. The largest absolute Gasteiger partial charge is 0.378 e. The Morgan fingerprint density at radius 2 is 2.25 bits per heavy atom. The smallest absolute Gasteiger partial charge is 0.0634 e. The first-order chi connectivity index (χ1) is 7.81. The van der Waals surface area contributed by atoms with Crippen LogP contribution in [0.1, 0.15) is 5.56 Å². The summed E-state index contributed by atoms with van der Waals surface area (Å²) in [4.78, 5) is 2.39. The maximum absolute atomic E-state index is 5.95. The standard InChI is InChI=1S/C12H15BrClNO/c13-12-4-2-1-3-10(12)8-15-5-6-16-9-11(15)7-14/h1-4,11H,5-9H2. The highest BCUT2D eigenvalue weighted by Gasteiger charge is 2.22. The normalized spacial score (nSPS) is 22.2. The highest BCUT2D eigenvalue weighted by molar-refractivity contribution is 9.10. The fourth-order valence-electron chi connectivity index (χ4n) is 1.88. The minimum absolute atomic E-state index is 0.336. The van der Waals surface area contributed by atoms with Gasteiger partial charge in [-0.2, -0.15) is 0 Å². The molecular formula is C12H15BrClNO. The molecule has 1 unspecified atom stereocenters. The van der Waals surface area contributed by atoms with E-state index in [0.29, 0.717) is 11.9 Å². The lowest BCUT2D eigenvalue weighted by atomic mass is 10.1. The molecule has 1 aliphatic heterocycles. The van der Waals surface area contributed by atoms with Crippen molar-refractivity contribution in [2.24, 2.45) is 0 Å². The molecule has 1 heterocycles. The number of hydrogen-bond donors (Lipinski definition) is 0. The second-order valence-corrected chi connectivity index (χ2v) is 5.11. The summed E-state index contributed by atoms with van der Waals surface area (Å²) >= 11 is 9.52. The van der Waals surface area contributed by atoms with Gasteiger partial charge in [0.1, 0.15) is 0 Å². The van der Waals surface area contributed by atoms with Gasteiger partial charge in [0.15, 0.2) is 0 Å². The molecule has 0 spiro atoms. The van der Waals surface area contributed by atoms with E-state index in [4.69, 9.17) is 16.3 Å². The summed E-state index contributed by atoms with van der Waals surface area (Å²) in [7, 11) is 0. The molecular weight excluding hydrogens is 289 g/mol. The second-order valence-electron chi connectivity index (χ2n) is 3.94. The third kappa shape index (κ3) is 2.98. The average Bonchev–Trinajstić information content (AvgIpc) is 2.33. The van der Waals surface area contributed by atoms with Crippen molar-refractivity contribution >= 4 is 27.5 Å². The molecule has 1 aromatic rings. The number of rotatable bonds is 3. The molecule has 16 heavy (non-hydrogen) atoms. The monoisotopic (exact) mass is 303 g/mol. The lowest BCUT2D eigenvalue weighted by molar-refractivity contribution is -0.00312. The first-order valence-electron chi connectivity index (χ1n) is 5.42. The van der Waals surface area contributed by atoms with Gasteiger partial charge in [-0.15, -0.1) is 11.6 Å². The van der Waals surface area contributed by atoms with E-state index >= 15 is 0 Å². The van der Waals surface area contributed by atoms with Crippen LogP contribution >= 0.6 is 27.5 Å².